The van der Waals surface area contributed by atoms with Crippen molar-refractivity contribution < 1.29 is 4.21 Å². The van der Waals surface area contributed by atoms with Crippen molar-refractivity contribution >= 4 is 52.3 Å². The summed E-state index contributed by atoms with van der Waals surface area (Å²) in [6.07, 6.45) is 0.887. The summed E-state index contributed by atoms with van der Waals surface area (Å²) in [5.74, 6) is 1.91. The van der Waals surface area contributed by atoms with Crippen LogP contribution in [0.4, 0.5) is 0 Å². The van der Waals surface area contributed by atoms with Crippen molar-refractivity contribution in [1.29, 1.82) is 0 Å². The van der Waals surface area contributed by atoms with E-state index in [1.807, 2.05) is 54.6 Å². The Hall–Kier alpha value is -1.12. The van der Waals surface area contributed by atoms with Gasteiger partial charge in [-0.1, -0.05) is 54.1 Å². The lowest BCUT2D eigenvalue weighted by Crippen LogP contribution is -2.40. The molecule has 0 amide bonds. The van der Waals surface area contributed by atoms with E-state index in [1.54, 1.807) is 7.05 Å². The average Bonchev–Trinajstić information content (AvgIpc) is 2.63. The predicted octanol–water partition coefficient (Wildman–Crippen LogP) is 3.61. The zero-order valence-corrected chi connectivity index (χ0v) is 18.7. The number of aliphatic imine (C=N–C) groups is 1. The summed E-state index contributed by atoms with van der Waals surface area (Å²) in [4.78, 5) is 4.19. The first-order valence-electron chi connectivity index (χ1n) is 8.25. The van der Waals surface area contributed by atoms with Crippen LogP contribution < -0.4 is 10.6 Å². The molecule has 2 rings (SSSR count). The van der Waals surface area contributed by atoms with Gasteiger partial charge in [0.15, 0.2) is 5.96 Å². The standard InChI is InChI=1S/C19H24ClN3OS.HI/c1-21-19(22-12-11-16-7-9-18(20)10-8-16)23-13-14-25(24)15-17-5-3-2-4-6-17;/h2-10H,11-15H2,1H3,(H2,21,22,23);1H. The Morgan fingerprint density at radius 2 is 1.65 bits per heavy atom. The van der Waals surface area contributed by atoms with E-state index in [4.69, 9.17) is 11.6 Å². The van der Waals surface area contributed by atoms with E-state index < -0.39 is 10.8 Å². The van der Waals surface area contributed by atoms with E-state index in [2.05, 4.69) is 15.6 Å². The lowest BCUT2D eigenvalue weighted by atomic mass is 10.1. The third-order valence-corrected chi connectivity index (χ3v) is 5.20. The van der Waals surface area contributed by atoms with Crippen LogP contribution in [0.15, 0.2) is 59.6 Å². The maximum Gasteiger partial charge on any atom is 0.191 e. The van der Waals surface area contributed by atoms with Crippen molar-refractivity contribution in [2.24, 2.45) is 4.99 Å². The van der Waals surface area contributed by atoms with Gasteiger partial charge in [0.25, 0.3) is 0 Å². The third-order valence-electron chi connectivity index (χ3n) is 3.64. The molecule has 0 spiro atoms. The zero-order chi connectivity index (χ0) is 17.9. The monoisotopic (exact) mass is 505 g/mol. The number of nitrogens with one attached hydrogen (secondary N) is 2. The van der Waals surface area contributed by atoms with Gasteiger partial charge in [0.2, 0.25) is 0 Å². The number of hydrogen-bond acceptors (Lipinski definition) is 2. The SMILES string of the molecule is CN=C(NCCc1ccc(Cl)cc1)NCCS(=O)Cc1ccccc1.I. The predicted molar refractivity (Wildman–Crippen MR) is 123 cm³/mol. The molecule has 0 radical (unpaired) electrons. The van der Waals surface area contributed by atoms with Crippen molar-refractivity contribution in [3.63, 3.8) is 0 Å². The highest BCUT2D eigenvalue weighted by molar-refractivity contribution is 14.0. The van der Waals surface area contributed by atoms with Crippen LogP contribution in [0, 0.1) is 0 Å². The maximum absolute atomic E-state index is 12.1. The first-order chi connectivity index (χ1) is 12.2. The van der Waals surface area contributed by atoms with Crippen LogP contribution in [0.1, 0.15) is 11.1 Å². The lowest BCUT2D eigenvalue weighted by molar-refractivity contribution is 0.680. The van der Waals surface area contributed by atoms with Crippen LogP contribution >= 0.6 is 35.6 Å². The van der Waals surface area contributed by atoms with Gasteiger partial charge in [-0.15, -0.1) is 24.0 Å². The quantitative estimate of drug-likeness (QED) is 0.327. The van der Waals surface area contributed by atoms with Gasteiger partial charge in [-0.05, 0) is 29.7 Å². The first kappa shape index (κ1) is 22.9. The second-order valence-corrected chi connectivity index (χ2v) is 7.59. The summed E-state index contributed by atoms with van der Waals surface area (Å²) >= 11 is 5.88. The highest BCUT2D eigenvalue weighted by Crippen LogP contribution is 2.09. The molecule has 142 valence electrons. The Labute approximate surface area is 180 Å². The third kappa shape index (κ3) is 9.00. The minimum absolute atomic E-state index is 0. The van der Waals surface area contributed by atoms with Gasteiger partial charge < -0.3 is 10.6 Å². The largest absolute Gasteiger partial charge is 0.356 e. The van der Waals surface area contributed by atoms with Crippen molar-refractivity contribution in [2.45, 2.75) is 12.2 Å². The summed E-state index contributed by atoms with van der Waals surface area (Å²) in [6.45, 7) is 1.40. The number of hydrogen-bond donors (Lipinski definition) is 2. The molecule has 0 aliphatic carbocycles. The topological polar surface area (TPSA) is 53.5 Å². The van der Waals surface area contributed by atoms with Crippen LogP contribution in [0.3, 0.4) is 0 Å². The van der Waals surface area contributed by atoms with Crippen LogP contribution in [-0.4, -0.2) is 36.1 Å². The number of nitrogens with zero attached hydrogens (tertiary/aromatic N) is 1. The molecule has 0 fully saturated rings. The minimum atomic E-state index is -0.885. The molecule has 0 aliphatic rings. The zero-order valence-electron chi connectivity index (χ0n) is 14.8. The molecule has 0 saturated heterocycles. The molecule has 4 nitrogen and oxygen atoms in total. The summed E-state index contributed by atoms with van der Waals surface area (Å²) in [7, 11) is 0.850. The van der Waals surface area contributed by atoms with Crippen LogP contribution in [0.2, 0.25) is 5.02 Å². The maximum atomic E-state index is 12.1. The smallest absolute Gasteiger partial charge is 0.191 e. The molecular weight excluding hydrogens is 481 g/mol. The van der Waals surface area contributed by atoms with Gasteiger partial charge in [-0.25, -0.2) is 0 Å². The molecule has 0 aromatic heterocycles. The number of benzene rings is 2. The highest BCUT2D eigenvalue weighted by atomic mass is 127. The van der Waals surface area contributed by atoms with Crippen LogP contribution in [0.25, 0.3) is 0 Å². The van der Waals surface area contributed by atoms with Crippen LogP contribution in [-0.2, 0) is 23.0 Å². The van der Waals surface area contributed by atoms with E-state index in [9.17, 15) is 4.21 Å². The van der Waals surface area contributed by atoms with E-state index in [1.165, 1.54) is 5.56 Å². The van der Waals surface area contributed by atoms with E-state index in [0.29, 0.717) is 18.1 Å². The van der Waals surface area contributed by atoms with E-state index >= 15 is 0 Å². The van der Waals surface area contributed by atoms with Crippen molar-refractivity contribution in [3.8, 4) is 0 Å². The van der Waals surface area contributed by atoms with Gasteiger partial charge in [-0.2, -0.15) is 0 Å². The molecule has 0 bridgehead atoms. The molecule has 0 saturated carbocycles. The normalized spacial score (nSPS) is 12.2. The van der Waals surface area contributed by atoms with Gasteiger partial charge in [0.05, 0.1) is 0 Å². The van der Waals surface area contributed by atoms with Crippen molar-refractivity contribution in [3.05, 3.63) is 70.7 Å². The molecule has 26 heavy (non-hydrogen) atoms. The molecular formula is C19H25ClIN3OS. The Bertz CT molecular complexity index is 696. The molecule has 0 heterocycles. The summed E-state index contributed by atoms with van der Waals surface area (Å²) in [5.41, 5.74) is 2.32. The number of rotatable bonds is 8. The second kappa shape index (κ2) is 13.1. The Morgan fingerprint density at radius 1 is 1.00 bits per heavy atom. The summed E-state index contributed by atoms with van der Waals surface area (Å²) < 4.78 is 12.1. The Balaban J connectivity index is 0.00000338. The number of guanidine groups is 1. The Kier molecular flexibility index (Phi) is 11.6. The van der Waals surface area contributed by atoms with Crippen LogP contribution in [0.5, 0.6) is 0 Å². The van der Waals surface area contributed by atoms with Crippen molar-refractivity contribution in [2.75, 3.05) is 25.9 Å². The van der Waals surface area contributed by atoms with E-state index in [-0.39, 0.29) is 24.0 Å². The van der Waals surface area contributed by atoms with Gasteiger partial charge in [0.1, 0.15) is 0 Å². The molecule has 2 aromatic rings. The minimum Gasteiger partial charge on any atom is -0.356 e. The first-order valence-corrected chi connectivity index (χ1v) is 10.1. The highest BCUT2D eigenvalue weighted by Gasteiger charge is 2.03. The molecule has 0 aliphatic heterocycles. The van der Waals surface area contributed by atoms with E-state index in [0.717, 1.165) is 29.5 Å². The fourth-order valence-corrected chi connectivity index (χ4v) is 3.48. The number of halogens is 2. The lowest BCUT2D eigenvalue weighted by Gasteiger charge is -2.12. The molecule has 7 heteroatoms. The molecule has 1 atom stereocenters. The molecule has 2 aromatic carbocycles. The fraction of sp³-hybridized carbons (Fsp3) is 0.316. The average molecular weight is 506 g/mol. The Morgan fingerprint density at radius 3 is 2.31 bits per heavy atom. The molecule has 1 unspecified atom stereocenters. The van der Waals surface area contributed by atoms with Gasteiger partial charge in [-0.3, -0.25) is 9.20 Å². The van der Waals surface area contributed by atoms with Gasteiger partial charge >= 0.3 is 0 Å². The van der Waals surface area contributed by atoms with Gasteiger partial charge in [0, 0.05) is 47.5 Å². The fourth-order valence-electron chi connectivity index (χ4n) is 2.31. The summed E-state index contributed by atoms with van der Waals surface area (Å²) in [6, 6.07) is 17.7. The second-order valence-electron chi connectivity index (χ2n) is 5.58. The summed E-state index contributed by atoms with van der Waals surface area (Å²) in [5, 5.41) is 7.22. The van der Waals surface area contributed by atoms with Crippen molar-refractivity contribution in [1.82, 2.24) is 10.6 Å². The molecule has 2 N–H and O–H groups in total.